The summed E-state index contributed by atoms with van der Waals surface area (Å²) in [5.74, 6) is 0.709. The number of guanidine groups is 1. The van der Waals surface area contributed by atoms with E-state index in [4.69, 9.17) is 20.2 Å². The Hall–Kier alpha value is -0.850. The van der Waals surface area contributed by atoms with E-state index in [1.54, 1.807) is 0 Å². The maximum atomic E-state index is 6.24. The molecule has 1 saturated carbocycles. The summed E-state index contributed by atoms with van der Waals surface area (Å²) in [6.07, 6.45) is 6.59. The zero-order chi connectivity index (χ0) is 16.0. The molecule has 0 amide bonds. The largest absolute Gasteiger partial charge is 0.379 e. The third-order valence-electron chi connectivity index (χ3n) is 5.49. The van der Waals surface area contributed by atoms with Gasteiger partial charge in [-0.2, -0.15) is 0 Å². The molecule has 132 valence electrons. The molecule has 0 aromatic carbocycles. The van der Waals surface area contributed by atoms with E-state index >= 15 is 0 Å². The van der Waals surface area contributed by atoms with Crippen molar-refractivity contribution in [3.8, 4) is 0 Å². The standard InChI is InChI=1S/C17H32N4O2/c18-16(21-8-12-23-13-9-21)19-14-17(4-2-1-3-5-17)15-20-6-10-22-11-7-20/h1-15H2,(H2,18,19). The lowest BCUT2D eigenvalue weighted by atomic mass is 9.73. The number of hydrogen-bond donors (Lipinski definition) is 1. The van der Waals surface area contributed by atoms with Gasteiger partial charge in [0.1, 0.15) is 0 Å². The van der Waals surface area contributed by atoms with Crippen molar-refractivity contribution in [2.75, 3.05) is 65.7 Å². The number of rotatable bonds is 4. The molecular formula is C17H32N4O2. The molecule has 2 N–H and O–H groups in total. The highest BCUT2D eigenvalue weighted by Crippen LogP contribution is 2.37. The quantitative estimate of drug-likeness (QED) is 0.615. The molecule has 0 radical (unpaired) electrons. The van der Waals surface area contributed by atoms with Crippen LogP contribution in [0, 0.1) is 5.41 Å². The number of nitrogens with two attached hydrogens (primary N) is 1. The number of ether oxygens (including phenoxy) is 2. The first kappa shape index (κ1) is 17.0. The molecule has 6 nitrogen and oxygen atoms in total. The van der Waals surface area contributed by atoms with Gasteiger partial charge in [0.15, 0.2) is 5.96 Å². The van der Waals surface area contributed by atoms with Gasteiger partial charge < -0.3 is 20.1 Å². The molecule has 23 heavy (non-hydrogen) atoms. The summed E-state index contributed by atoms with van der Waals surface area (Å²) in [6.45, 7) is 9.13. The third kappa shape index (κ3) is 4.81. The Morgan fingerprint density at radius 1 is 0.913 bits per heavy atom. The Labute approximate surface area is 140 Å². The van der Waals surface area contributed by atoms with Gasteiger partial charge in [-0.05, 0) is 12.8 Å². The second-order valence-electron chi connectivity index (χ2n) is 7.22. The predicted octanol–water partition coefficient (Wildman–Crippen LogP) is 0.916. The van der Waals surface area contributed by atoms with Crippen LogP contribution in [-0.4, -0.2) is 81.5 Å². The van der Waals surface area contributed by atoms with Crippen LogP contribution in [0.1, 0.15) is 32.1 Å². The fourth-order valence-electron chi connectivity index (χ4n) is 4.04. The molecule has 2 saturated heterocycles. The summed E-state index contributed by atoms with van der Waals surface area (Å²) >= 11 is 0. The monoisotopic (exact) mass is 324 g/mol. The zero-order valence-corrected chi connectivity index (χ0v) is 14.3. The molecule has 3 fully saturated rings. The summed E-state index contributed by atoms with van der Waals surface area (Å²) in [5, 5.41) is 0. The molecular weight excluding hydrogens is 292 g/mol. The molecule has 0 atom stereocenters. The van der Waals surface area contributed by atoms with Crippen molar-refractivity contribution in [3.05, 3.63) is 0 Å². The summed E-state index contributed by atoms with van der Waals surface area (Å²) in [4.78, 5) is 9.54. The van der Waals surface area contributed by atoms with Gasteiger partial charge in [-0.3, -0.25) is 9.89 Å². The second kappa shape index (κ2) is 8.31. The Balaban J connectivity index is 1.60. The minimum atomic E-state index is 0.312. The fourth-order valence-corrected chi connectivity index (χ4v) is 4.04. The van der Waals surface area contributed by atoms with Crippen LogP contribution in [0.3, 0.4) is 0 Å². The van der Waals surface area contributed by atoms with Gasteiger partial charge in [-0.1, -0.05) is 19.3 Å². The van der Waals surface area contributed by atoms with Crippen LogP contribution in [0.25, 0.3) is 0 Å². The number of hydrogen-bond acceptors (Lipinski definition) is 4. The minimum Gasteiger partial charge on any atom is -0.379 e. The maximum Gasteiger partial charge on any atom is 0.191 e. The smallest absolute Gasteiger partial charge is 0.191 e. The Bertz CT molecular complexity index is 384. The summed E-state index contributed by atoms with van der Waals surface area (Å²) in [7, 11) is 0. The first-order chi connectivity index (χ1) is 11.3. The average molecular weight is 324 g/mol. The normalized spacial score (nSPS) is 27.1. The maximum absolute atomic E-state index is 6.24. The SMILES string of the molecule is NC(=NCC1(CN2CCOCC2)CCCCC1)N1CCOCC1. The highest BCUT2D eigenvalue weighted by molar-refractivity contribution is 5.78. The Kier molecular flexibility index (Phi) is 6.14. The molecule has 3 rings (SSSR count). The Morgan fingerprint density at radius 2 is 1.52 bits per heavy atom. The van der Waals surface area contributed by atoms with E-state index in [9.17, 15) is 0 Å². The highest BCUT2D eigenvalue weighted by atomic mass is 16.5. The van der Waals surface area contributed by atoms with Crippen LogP contribution in [0.15, 0.2) is 4.99 Å². The number of morpholine rings is 2. The molecule has 1 aliphatic carbocycles. The lowest BCUT2D eigenvalue weighted by Gasteiger charge is -2.41. The van der Waals surface area contributed by atoms with E-state index in [0.29, 0.717) is 11.4 Å². The van der Waals surface area contributed by atoms with Gasteiger partial charge in [0.2, 0.25) is 0 Å². The number of nitrogens with zero attached hydrogens (tertiary/aromatic N) is 3. The first-order valence-electron chi connectivity index (χ1n) is 9.20. The van der Waals surface area contributed by atoms with E-state index in [1.165, 1.54) is 32.1 Å². The summed E-state index contributed by atoms with van der Waals surface area (Å²) in [6, 6.07) is 0. The van der Waals surface area contributed by atoms with Gasteiger partial charge in [-0.15, -0.1) is 0 Å². The molecule has 0 unspecified atom stereocenters. The van der Waals surface area contributed by atoms with Crippen molar-refractivity contribution >= 4 is 5.96 Å². The van der Waals surface area contributed by atoms with E-state index in [0.717, 1.165) is 65.7 Å². The topological polar surface area (TPSA) is 63.3 Å². The van der Waals surface area contributed by atoms with Crippen molar-refractivity contribution in [3.63, 3.8) is 0 Å². The molecule has 0 aromatic rings. The molecule has 2 aliphatic heterocycles. The lowest BCUT2D eigenvalue weighted by molar-refractivity contribution is 0.00926. The van der Waals surface area contributed by atoms with Gasteiger partial charge in [0.25, 0.3) is 0 Å². The second-order valence-corrected chi connectivity index (χ2v) is 7.22. The van der Waals surface area contributed by atoms with Gasteiger partial charge in [0.05, 0.1) is 26.4 Å². The van der Waals surface area contributed by atoms with E-state index < -0.39 is 0 Å². The average Bonchev–Trinajstić information content (AvgIpc) is 2.62. The van der Waals surface area contributed by atoms with Crippen molar-refractivity contribution in [2.24, 2.45) is 16.1 Å². The first-order valence-corrected chi connectivity index (χ1v) is 9.20. The molecule has 2 heterocycles. The minimum absolute atomic E-state index is 0.312. The van der Waals surface area contributed by atoms with Crippen LogP contribution >= 0.6 is 0 Å². The van der Waals surface area contributed by atoms with Crippen molar-refractivity contribution in [1.29, 1.82) is 0 Å². The third-order valence-corrected chi connectivity index (χ3v) is 5.49. The van der Waals surface area contributed by atoms with Crippen molar-refractivity contribution in [1.82, 2.24) is 9.80 Å². The van der Waals surface area contributed by atoms with Gasteiger partial charge >= 0.3 is 0 Å². The van der Waals surface area contributed by atoms with E-state index in [2.05, 4.69) is 9.80 Å². The Morgan fingerprint density at radius 3 is 2.17 bits per heavy atom. The van der Waals surface area contributed by atoms with Crippen molar-refractivity contribution < 1.29 is 9.47 Å². The van der Waals surface area contributed by atoms with Crippen LogP contribution < -0.4 is 5.73 Å². The molecule has 0 spiro atoms. The molecule has 0 bridgehead atoms. The highest BCUT2D eigenvalue weighted by Gasteiger charge is 2.34. The van der Waals surface area contributed by atoms with Gasteiger partial charge in [-0.25, -0.2) is 0 Å². The van der Waals surface area contributed by atoms with E-state index in [-0.39, 0.29) is 0 Å². The van der Waals surface area contributed by atoms with E-state index in [1.807, 2.05) is 0 Å². The van der Waals surface area contributed by atoms with Crippen LogP contribution in [0.2, 0.25) is 0 Å². The van der Waals surface area contributed by atoms with Crippen LogP contribution in [0.4, 0.5) is 0 Å². The molecule has 0 aromatic heterocycles. The predicted molar refractivity (Wildman–Crippen MR) is 91.7 cm³/mol. The number of aliphatic imine (C=N–C) groups is 1. The van der Waals surface area contributed by atoms with Crippen LogP contribution in [-0.2, 0) is 9.47 Å². The molecule has 3 aliphatic rings. The van der Waals surface area contributed by atoms with Crippen molar-refractivity contribution in [2.45, 2.75) is 32.1 Å². The lowest BCUT2D eigenvalue weighted by Crippen LogP contribution is -2.47. The van der Waals surface area contributed by atoms with Crippen LogP contribution in [0.5, 0.6) is 0 Å². The fraction of sp³-hybridized carbons (Fsp3) is 0.941. The summed E-state index contributed by atoms with van der Waals surface area (Å²) in [5.41, 5.74) is 6.56. The van der Waals surface area contributed by atoms with Gasteiger partial charge in [0, 0.05) is 44.7 Å². The summed E-state index contributed by atoms with van der Waals surface area (Å²) < 4.78 is 10.9. The molecule has 6 heteroatoms. The zero-order valence-electron chi connectivity index (χ0n) is 14.3.